The molecule has 2 rings (SSSR count). The van der Waals surface area contributed by atoms with E-state index in [1.807, 2.05) is 43.3 Å². The van der Waals surface area contributed by atoms with Gasteiger partial charge in [-0.15, -0.1) is 0 Å². The highest BCUT2D eigenvalue weighted by Gasteiger charge is 2.05. The number of nitrogens with zero attached hydrogens (tertiary/aromatic N) is 2. The molecule has 0 spiro atoms. The molecule has 3 nitrogen and oxygen atoms in total. The van der Waals surface area contributed by atoms with Gasteiger partial charge in [-0.05, 0) is 57.3 Å². The molecule has 0 radical (unpaired) electrons. The van der Waals surface area contributed by atoms with Crippen LogP contribution in [0.1, 0.15) is 23.4 Å². The van der Waals surface area contributed by atoms with Gasteiger partial charge in [0.15, 0.2) is 0 Å². The third kappa shape index (κ3) is 5.52. The second kappa shape index (κ2) is 9.07. The lowest BCUT2D eigenvalue weighted by Crippen LogP contribution is -2.15. The molecule has 24 heavy (non-hydrogen) atoms. The fraction of sp³-hybridized carbons (Fsp3) is 0.316. The van der Waals surface area contributed by atoms with Crippen LogP contribution < -0.4 is 4.74 Å². The molecule has 0 unspecified atom stereocenters. The van der Waals surface area contributed by atoms with Crippen LogP contribution in [-0.4, -0.2) is 37.1 Å². The Morgan fingerprint density at radius 2 is 1.92 bits per heavy atom. The van der Waals surface area contributed by atoms with Crippen molar-refractivity contribution in [1.82, 2.24) is 9.88 Å². The van der Waals surface area contributed by atoms with Crippen LogP contribution in [0.5, 0.6) is 5.75 Å². The first-order chi connectivity index (χ1) is 11.5. The van der Waals surface area contributed by atoms with Crippen LogP contribution >= 0.6 is 23.2 Å². The Hall–Kier alpha value is -1.55. The molecule has 0 N–H and O–H groups in total. The number of pyridine rings is 1. The lowest BCUT2D eigenvalue weighted by molar-refractivity contribution is 0.280. The molecule has 0 saturated carbocycles. The fourth-order valence-corrected chi connectivity index (χ4v) is 2.56. The van der Waals surface area contributed by atoms with E-state index in [1.165, 1.54) is 0 Å². The van der Waals surface area contributed by atoms with Crippen molar-refractivity contribution in [2.75, 3.05) is 27.2 Å². The molecule has 0 fully saturated rings. The molecule has 0 aliphatic carbocycles. The number of aryl methyl sites for hydroxylation is 1. The first kappa shape index (κ1) is 18.8. The first-order valence-electron chi connectivity index (χ1n) is 7.84. The van der Waals surface area contributed by atoms with Gasteiger partial charge in [0.05, 0.1) is 16.7 Å². The van der Waals surface area contributed by atoms with Crippen LogP contribution in [0.2, 0.25) is 10.0 Å². The topological polar surface area (TPSA) is 25.4 Å². The molecule has 0 aliphatic rings. The van der Waals surface area contributed by atoms with Gasteiger partial charge in [0, 0.05) is 12.2 Å². The van der Waals surface area contributed by atoms with E-state index in [4.69, 9.17) is 27.9 Å². The van der Waals surface area contributed by atoms with Gasteiger partial charge in [0.2, 0.25) is 0 Å². The summed E-state index contributed by atoms with van der Waals surface area (Å²) in [7, 11) is 4.10. The molecule has 0 bridgehead atoms. The third-order valence-electron chi connectivity index (χ3n) is 3.43. The summed E-state index contributed by atoms with van der Waals surface area (Å²) in [6.45, 7) is 3.60. The maximum absolute atomic E-state index is 6.22. The van der Waals surface area contributed by atoms with E-state index in [0.717, 1.165) is 35.7 Å². The van der Waals surface area contributed by atoms with E-state index < -0.39 is 0 Å². The van der Waals surface area contributed by atoms with Gasteiger partial charge in [0.1, 0.15) is 11.4 Å². The zero-order valence-electron chi connectivity index (χ0n) is 14.2. The maximum atomic E-state index is 6.22. The third-order valence-corrected chi connectivity index (χ3v) is 4.27. The van der Waals surface area contributed by atoms with Crippen molar-refractivity contribution in [2.45, 2.75) is 13.3 Å². The molecule has 1 heterocycles. The van der Waals surface area contributed by atoms with Gasteiger partial charge < -0.3 is 9.64 Å². The summed E-state index contributed by atoms with van der Waals surface area (Å²) in [5.41, 5.74) is 2.58. The SMILES string of the molecule is Cc1ccc(OCCCN(C)C)c(/C=C/c2cccc(Cl)c2Cl)n1. The molecular formula is C19H22Cl2N2O. The van der Waals surface area contributed by atoms with Crippen molar-refractivity contribution in [2.24, 2.45) is 0 Å². The Morgan fingerprint density at radius 3 is 2.67 bits per heavy atom. The summed E-state index contributed by atoms with van der Waals surface area (Å²) in [4.78, 5) is 6.69. The van der Waals surface area contributed by atoms with Gasteiger partial charge in [-0.25, -0.2) is 4.98 Å². The summed E-state index contributed by atoms with van der Waals surface area (Å²) < 4.78 is 5.89. The molecule has 1 aromatic heterocycles. The van der Waals surface area contributed by atoms with E-state index in [9.17, 15) is 0 Å². The molecule has 0 atom stereocenters. The molecule has 0 saturated heterocycles. The minimum absolute atomic E-state index is 0.538. The minimum atomic E-state index is 0.538. The molecule has 0 aliphatic heterocycles. The highest BCUT2D eigenvalue weighted by atomic mass is 35.5. The van der Waals surface area contributed by atoms with Crippen LogP contribution in [0.3, 0.4) is 0 Å². The predicted octanol–water partition coefficient (Wildman–Crippen LogP) is 5.20. The monoisotopic (exact) mass is 364 g/mol. The largest absolute Gasteiger partial charge is 0.491 e. The van der Waals surface area contributed by atoms with Crippen LogP contribution in [0.15, 0.2) is 30.3 Å². The number of hydrogen-bond donors (Lipinski definition) is 0. The van der Waals surface area contributed by atoms with Crippen LogP contribution in [0, 0.1) is 6.92 Å². The number of halogens is 2. The van der Waals surface area contributed by atoms with E-state index in [1.54, 1.807) is 6.07 Å². The Kier molecular flexibility index (Phi) is 7.10. The number of hydrogen-bond acceptors (Lipinski definition) is 3. The van der Waals surface area contributed by atoms with Gasteiger partial charge in [-0.3, -0.25) is 0 Å². The van der Waals surface area contributed by atoms with Gasteiger partial charge >= 0.3 is 0 Å². The normalized spacial score (nSPS) is 11.4. The van der Waals surface area contributed by atoms with Crippen LogP contribution in [0.25, 0.3) is 12.2 Å². The van der Waals surface area contributed by atoms with E-state index >= 15 is 0 Å². The Labute approximate surface area is 153 Å². The van der Waals surface area contributed by atoms with Gasteiger partial charge in [-0.1, -0.05) is 41.4 Å². The average molecular weight is 365 g/mol. The van der Waals surface area contributed by atoms with Crippen LogP contribution in [-0.2, 0) is 0 Å². The smallest absolute Gasteiger partial charge is 0.144 e. The van der Waals surface area contributed by atoms with Crippen molar-refractivity contribution in [3.8, 4) is 5.75 Å². The predicted molar refractivity (Wildman–Crippen MR) is 103 cm³/mol. The quantitative estimate of drug-likeness (QED) is 0.631. The number of aromatic nitrogens is 1. The highest BCUT2D eigenvalue weighted by molar-refractivity contribution is 6.42. The summed E-state index contributed by atoms with van der Waals surface area (Å²) in [5, 5.41) is 1.08. The highest BCUT2D eigenvalue weighted by Crippen LogP contribution is 2.28. The minimum Gasteiger partial charge on any atom is -0.491 e. The summed E-state index contributed by atoms with van der Waals surface area (Å²) in [6, 6.07) is 9.46. The van der Waals surface area contributed by atoms with Crippen LogP contribution in [0.4, 0.5) is 0 Å². The number of benzene rings is 1. The van der Waals surface area contributed by atoms with Crippen molar-refractivity contribution >= 4 is 35.4 Å². The van der Waals surface area contributed by atoms with E-state index in [0.29, 0.717) is 16.7 Å². The van der Waals surface area contributed by atoms with Crippen molar-refractivity contribution in [1.29, 1.82) is 0 Å². The average Bonchev–Trinajstić information content (AvgIpc) is 2.54. The Bertz CT molecular complexity index is 715. The summed E-state index contributed by atoms with van der Waals surface area (Å²) in [6.07, 6.45) is 4.78. The van der Waals surface area contributed by atoms with Gasteiger partial charge in [0.25, 0.3) is 0 Å². The lowest BCUT2D eigenvalue weighted by atomic mass is 10.2. The number of ether oxygens (including phenoxy) is 1. The fourth-order valence-electron chi connectivity index (χ4n) is 2.19. The molecule has 5 heteroatoms. The van der Waals surface area contributed by atoms with Crippen molar-refractivity contribution in [3.63, 3.8) is 0 Å². The molecule has 0 amide bonds. The maximum Gasteiger partial charge on any atom is 0.144 e. The summed E-state index contributed by atoms with van der Waals surface area (Å²) in [5.74, 6) is 0.772. The molecular weight excluding hydrogens is 343 g/mol. The van der Waals surface area contributed by atoms with E-state index in [2.05, 4.69) is 24.0 Å². The lowest BCUT2D eigenvalue weighted by Gasteiger charge is -2.12. The first-order valence-corrected chi connectivity index (χ1v) is 8.60. The van der Waals surface area contributed by atoms with E-state index in [-0.39, 0.29) is 0 Å². The molecule has 2 aromatic rings. The standard InChI is InChI=1S/C19H22Cl2N2O/c1-14-8-11-18(24-13-5-12-23(2)3)17(22-14)10-9-15-6-4-7-16(20)19(15)21/h4,6-11H,5,12-13H2,1-3H3/b10-9+. The Morgan fingerprint density at radius 1 is 1.12 bits per heavy atom. The Balaban J connectivity index is 2.15. The number of rotatable bonds is 7. The van der Waals surface area contributed by atoms with Crippen molar-refractivity contribution in [3.05, 3.63) is 57.3 Å². The zero-order valence-corrected chi connectivity index (χ0v) is 15.7. The summed E-state index contributed by atoms with van der Waals surface area (Å²) >= 11 is 12.3. The zero-order chi connectivity index (χ0) is 17.5. The molecule has 128 valence electrons. The second-order valence-corrected chi connectivity index (χ2v) is 6.60. The van der Waals surface area contributed by atoms with Crippen molar-refractivity contribution < 1.29 is 4.74 Å². The second-order valence-electron chi connectivity index (χ2n) is 5.82. The van der Waals surface area contributed by atoms with Gasteiger partial charge in [-0.2, -0.15) is 0 Å². The molecule has 1 aromatic carbocycles.